The summed E-state index contributed by atoms with van der Waals surface area (Å²) in [6.07, 6.45) is 1.64. The van der Waals surface area contributed by atoms with Gasteiger partial charge in [0.25, 0.3) is 0 Å². The van der Waals surface area contributed by atoms with E-state index >= 15 is 0 Å². The number of benzene rings is 1. The Bertz CT molecular complexity index is 483. The van der Waals surface area contributed by atoms with Crippen molar-refractivity contribution in [1.82, 2.24) is 14.8 Å². The molecular formula is C9H9ClN4S. The van der Waals surface area contributed by atoms with Crippen molar-refractivity contribution in [3.63, 3.8) is 0 Å². The molecule has 0 atom stereocenters. The molecule has 0 unspecified atom stereocenters. The van der Waals surface area contributed by atoms with Gasteiger partial charge in [0.1, 0.15) is 6.33 Å². The van der Waals surface area contributed by atoms with Gasteiger partial charge < -0.3 is 10.3 Å². The number of nitrogen functional groups attached to an aromatic ring is 1. The molecule has 78 valence electrons. The highest BCUT2D eigenvalue weighted by atomic mass is 35.5. The Kier molecular flexibility index (Phi) is 2.83. The second kappa shape index (κ2) is 4.12. The number of hydrogen-bond acceptors (Lipinski definition) is 4. The Hall–Kier alpha value is -1.20. The molecule has 0 saturated carbocycles. The van der Waals surface area contributed by atoms with Crippen LogP contribution < -0.4 is 5.73 Å². The van der Waals surface area contributed by atoms with Crippen molar-refractivity contribution in [1.29, 1.82) is 0 Å². The molecule has 15 heavy (non-hydrogen) atoms. The predicted octanol–water partition coefficient (Wildman–Crippen LogP) is 2.20. The molecule has 0 fully saturated rings. The van der Waals surface area contributed by atoms with E-state index in [0.29, 0.717) is 10.7 Å². The first-order valence-corrected chi connectivity index (χ1v) is 5.44. The first kappa shape index (κ1) is 10.3. The SMILES string of the molecule is Cn1cnnc1Sc1cccc(Cl)c1N. The summed E-state index contributed by atoms with van der Waals surface area (Å²) in [5, 5.41) is 9.09. The van der Waals surface area contributed by atoms with E-state index in [1.54, 1.807) is 12.4 Å². The molecule has 0 aliphatic heterocycles. The van der Waals surface area contributed by atoms with E-state index in [0.717, 1.165) is 10.1 Å². The number of nitrogens with two attached hydrogens (primary N) is 1. The number of nitrogens with zero attached hydrogens (tertiary/aromatic N) is 3. The Labute approximate surface area is 96.4 Å². The molecule has 1 heterocycles. The Morgan fingerprint density at radius 2 is 2.27 bits per heavy atom. The quantitative estimate of drug-likeness (QED) is 0.818. The monoisotopic (exact) mass is 240 g/mol. The van der Waals surface area contributed by atoms with Gasteiger partial charge in [0, 0.05) is 11.9 Å². The molecule has 0 aliphatic rings. The number of halogens is 1. The molecule has 4 nitrogen and oxygen atoms in total. The second-order valence-corrected chi connectivity index (χ2v) is 4.39. The van der Waals surface area contributed by atoms with E-state index in [4.69, 9.17) is 17.3 Å². The maximum atomic E-state index is 5.91. The topological polar surface area (TPSA) is 56.7 Å². The van der Waals surface area contributed by atoms with Crippen LogP contribution >= 0.6 is 23.4 Å². The molecule has 2 N–H and O–H groups in total. The third-order valence-electron chi connectivity index (χ3n) is 1.88. The van der Waals surface area contributed by atoms with Crippen LogP contribution in [0.2, 0.25) is 5.02 Å². The Balaban J connectivity index is 2.33. The zero-order valence-corrected chi connectivity index (χ0v) is 9.59. The van der Waals surface area contributed by atoms with Crippen LogP contribution in [0.1, 0.15) is 0 Å². The summed E-state index contributed by atoms with van der Waals surface area (Å²) in [4.78, 5) is 0.888. The van der Waals surface area contributed by atoms with Crippen molar-refractivity contribution in [2.75, 3.05) is 5.73 Å². The van der Waals surface area contributed by atoms with Gasteiger partial charge >= 0.3 is 0 Å². The molecule has 0 bridgehead atoms. The van der Waals surface area contributed by atoms with Gasteiger partial charge in [0.2, 0.25) is 0 Å². The fraction of sp³-hybridized carbons (Fsp3) is 0.111. The summed E-state index contributed by atoms with van der Waals surface area (Å²) < 4.78 is 1.82. The standard InChI is InChI=1S/C9H9ClN4S/c1-14-5-12-13-9(14)15-7-4-2-3-6(10)8(7)11/h2-5H,11H2,1H3. The molecule has 0 saturated heterocycles. The molecule has 0 radical (unpaired) electrons. The number of anilines is 1. The highest BCUT2D eigenvalue weighted by molar-refractivity contribution is 7.99. The summed E-state index contributed by atoms with van der Waals surface area (Å²) in [7, 11) is 1.88. The number of aryl methyl sites for hydroxylation is 1. The highest BCUT2D eigenvalue weighted by Gasteiger charge is 2.08. The van der Waals surface area contributed by atoms with E-state index in [1.165, 1.54) is 11.8 Å². The number of aromatic nitrogens is 3. The highest BCUT2D eigenvalue weighted by Crippen LogP contribution is 2.34. The lowest BCUT2D eigenvalue weighted by Gasteiger charge is -2.05. The van der Waals surface area contributed by atoms with Crippen molar-refractivity contribution in [2.24, 2.45) is 7.05 Å². The summed E-state index contributed by atoms with van der Waals surface area (Å²) in [5.74, 6) is 0. The van der Waals surface area contributed by atoms with Gasteiger partial charge in [0.05, 0.1) is 10.7 Å². The molecule has 0 spiro atoms. The first-order chi connectivity index (χ1) is 7.18. The zero-order valence-electron chi connectivity index (χ0n) is 8.01. The van der Waals surface area contributed by atoms with Crippen LogP contribution in [0, 0.1) is 0 Å². The van der Waals surface area contributed by atoms with Crippen LogP contribution in [0.3, 0.4) is 0 Å². The van der Waals surface area contributed by atoms with Crippen molar-refractivity contribution >= 4 is 29.1 Å². The third kappa shape index (κ3) is 2.08. The van der Waals surface area contributed by atoms with Crippen LogP contribution in [0.15, 0.2) is 34.6 Å². The Morgan fingerprint density at radius 1 is 1.47 bits per heavy atom. The molecule has 2 rings (SSSR count). The average Bonchev–Trinajstić information content (AvgIpc) is 2.60. The van der Waals surface area contributed by atoms with Gasteiger partial charge in [0.15, 0.2) is 5.16 Å². The first-order valence-electron chi connectivity index (χ1n) is 4.24. The lowest BCUT2D eigenvalue weighted by atomic mass is 10.3. The molecule has 1 aromatic heterocycles. The van der Waals surface area contributed by atoms with Crippen molar-refractivity contribution < 1.29 is 0 Å². The van der Waals surface area contributed by atoms with Gasteiger partial charge in [-0.05, 0) is 23.9 Å². The summed E-state index contributed by atoms with van der Waals surface area (Å²) in [6, 6.07) is 5.52. The van der Waals surface area contributed by atoms with E-state index in [1.807, 2.05) is 23.7 Å². The number of rotatable bonds is 2. The maximum absolute atomic E-state index is 5.91. The number of hydrogen-bond donors (Lipinski definition) is 1. The largest absolute Gasteiger partial charge is 0.397 e. The van der Waals surface area contributed by atoms with Crippen LogP contribution in [-0.2, 0) is 7.05 Å². The zero-order chi connectivity index (χ0) is 10.8. The minimum Gasteiger partial charge on any atom is -0.397 e. The summed E-state index contributed by atoms with van der Waals surface area (Å²) in [5.41, 5.74) is 6.42. The van der Waals surface area contributed by atoms with E-state index in [9.17, 15) is 0 Å². The molecule has 2 aromatic rings. The van der Waals surface area contributed by atoms with E-state index < -0.39 is 0 Å². The second-order valence-electron chi connectivity index (χ2n) is 2.98. The van der Waals surface area contributed by atoms with Gasteiger partial charge in [-0.2, -0.15) is 0 Å². The smallest absolute Gasteiger partial charge is 0.195 e. The fourth-order valence-electron chi connectivity index (χ4n) is 1.07. The summed E-state index contributed by atoms with van der Waals surface area (Å²) in [6.45, 7) is 0. The Morgan fingerprint density at radius 3 is 2.93 bits per heavy atom. The molecule has 0 amide bonds. The van der Waals surface area contributed by atoms with Gasteiger partial charge in [-0.25, -0.2) is 0 Å². The van der Waals surface area contributed by atoms with E-state index in [2.05, 4.69) is 10.2 Å². The number of para-hydroxylation sites is 1. The van der Waals surface area contributed by atoms with Gasteiger partial charge in [-0.3, -0.25) is 0 Å². The van der Waals surface area contributed by atoms with Crippen LogP contribution in [-0.4, -0.2) is 14.8 Å². The molecular weight excluding hydrogens is 232 g/mol. The molecule has 1 aromatic carbocycles. The lowest BCUT2D eigenvalue weighted by Crippen LogP contribution is -1.92. The molecule has 0 aliphatic carbocycles. The average molecular weight is 241 g/mol. The van der Waals surface area contributed by atoms with Gasteiger partial charge in [-0.15, -0.1) is 10.2 Å². The van der Waals surface area contributed by atoms with Crippen LogP contribution in [0.25, 0.3) is 0 Å². The predicted molar refractivity (Wildman–Crippen MR) is 61.0 cm³/mol. The normalized spacial score (nSPS) is 10.5. The maximum Gasteiger partial charge on any atom is 0.195 e. The third-order valence-corrected chi connectivity index (χ3v) is 3.34. The minimum absolute atomic E-state index is 0.558. The van der Waals surface area contributed by atoms with Gasteiger partial charge in [-0.1, -0.05) is 17.7 Å². The van der Waals surface area contributed by atoms with Crippen molar-refractivity contribution in [2.45, 2.75) is 10.1 Å². The molecule has 6 heteroatoms. The fourth-order valence-corrected chi connectivity index (χ4v) is 2.14. The van der Waals surface area contributed by atoms with E-state index in [-0.39, 0.29) is 0 Å². The van der Waals surface area contributed by atoms with Crippen molar-refractivity contribution in [3.8, 4) is 0 Å². The van der Waals surface area contributed by atoms with Crippen LogP contribution in [0.5, 0.6) is 0 Å². The lowest BCUT2D eigenvalue weighted by molar-refractivity contribution is 0.789. The van der Waals surface area contributed by atoms with Crippen LogP contribution in [0.4, 0.5) is 5.69 Å². The van der Waals surface area contributed by atoms with Crippen molar-refractivity contribution in [3.05, 3.63) is 29.5 Å². The minimum atomic E-state index is 0.558. The summed E-state index contributed by atoms with van der Waals surface area (Å²) >= 11 is 7.35.